The van der Waals surface area contributed by atoms with E-state index in [9.17, 15) is 23.1 Å². The normalized spacial score (nSPS) is 16.9. The molecule has 5 rings (SSSR count). The summed E-state index contributed by atoms with van der Waals surface area (Å²) in [6, 6.07) is 9.70. The molecule has 203 valence electrons. The van der Waals surface area contributed by atoms with E-state index in [4.69, 9.17) is 4.74 Å². The second-order valence-electron chi connectivity index (χ2n) is 9.41. The van der Waals surface area contributed by atoms with Crippen LogP contribution < -0.4 is 15.4 Å². The summed E-state index contributed by atoms with van der Waals surface area (Å²) in [5.41, 5.74) is 4.02. The van der Waals surface area contributed by atoms with Crippen LogP contribution in [-0.4, -0.2) is 69.9 Å². The molecule has 1 unspecified atom stereocenters. The zero-order valence-electron chi connectivity index (χ0n) is 21.0. The van der Waals surface area contributed by atoms with Crippen LogP contribution in [0, 0.1) is 0 Å². The molecule has 2 N–H and O–H groups in total. The van der Waals surface area contributed by atoms with Gasteiger partial charge in [-0.15, -0.1) is 0 Å². The van der Waals surface area contributed by atoms with Gasteiger partial charge in [-0.05, 0) is 67.3 Å². The number of fused-ring (bicyclic) bond motifs is 1. The summed E-state index contributed by atoms with van der Waals surface area (Å²) in [7, 11) is 1.48. The van der Waals surface area contributed by atoms with Crippen LogP contribution >= 0.6 is 0 Å². The third-order valence-electron chi connectivity index (χ3n) is 6.86. The van der Waals surface area contributed by atoms with Crippen LogP contribution in [0.2, 0.25) is 0 Å². The van der Waals surface area contributed by atoms with Crippen molar-refractivity contribution in [1.29, 1.82) is 0 Å². The van der Waals surface area contributed by atoms with Crippen molar-refractivity contribution in [2.45, 2.75) is 31.0 Å². The van der Waals surface area contributed by atoms with Crippen molar-refractivity contribution in [2.75, 3.05) is 32.1 Å². The molecule has 1 aromatic carbocycles. The molecular formula is C27H26F3N6O3. The number of aliphatic hydroxyl groups excluding tert-OH is 1. The first-order chi connectivity index (χ1) is 18.7. The van der Waals surface area contributed by atoms with Gasteiger partial charge in [0.25, 0.3) is 5.91 Å². The Balaban J connectivity index is 1.31. The number of hydrogen-bond acceptors (Lipinski definition) is 8. The van der Waals surface area contributed by atoms with Gasteiger partial charge in [0.15, 0.2) is 6.10 Å². The van der Waals surface area contributed by atoms with Gasteiger partial charge < -0.3 is 20.1 Å². The summed E-state index contributed by atoms with van der Waals surface area (Å²) in [6.07, 6.45) is 0.823. The lowest BCUT2D eigenvalue weighted by Crippen LogP contribution is -2.43. The molecule has 39 heavy (non-hydrogen) atoms. The lowest BCUT2D eigenvalue weighted by Gasteiger charge is -2.33. The molecule has 3 aromatic rings. The molecule has 2 aliphatic heterocycles. The molecule has 9 nitrogen and oxygen atoms in total. The largest absolute Gasteiger partial charge is 0.467 e. The third-order valence-corrected chi connectivity index (χ3v) is 6.86. The van der Waals surface area contributed by atoms with Gasteiger partial charge in [-0.1, -0.05) is 12.1 Å². The molecule has 0 aliphatic carbocycles. The SMILES string of the molecule is COc1ncc(-c2cc3c(c(Nc4ccc(C5CCN(CC(O)C(F)(F)F)CC5)cc4)n2)C(=O)[N]C=C3)cn1. The minimum absolute atomic E-state index is 0.202. The Morgan fingerprint density at radius 3 is 2.49 bits per heavy atom. The fourth-order valence-corrected chi connectivity index (χ4v) is 4.74. The Bertz CT molecular complexity index is 1350. The number of hydrogen-bond donors (Lipinski definition) is 2. The van der Waals surface area contributed by atoms with Gasteiger partial charge in [-0.2, -0.15) is 13.2 Å². The molecule has 12 heteroatoms. The summed E-state index contributed by atoms with van der Waals surface area (Å²) in [5.74, 6) is 0.146. The van der Waals surface area contributed by atoms with Crippen molar-refractivity contribution in [3.8, 4) is 17.3 Å². The zero-order valence-corrected chi connectivity index (χ0v) is 21.0. The van der Waals surface area contributed by atoms with E-state index in [0.717, 1.165) is 5.56 Å². The molecule has 0 saturated carbocycles. The number of benzene rings is 1. The van der Waals surface area contributed by atoms with Gasteiger partial charge in [-0.25, -0.2) is 20.3 Å². The number of aliphatic hydroxyl groups is 1. The maximum atomic E-state index is 12.7. The summed E-state index contributed by atoms with van der Waals surface area (Å²) < 4.78 is 43.0. The number of piperidine rings is 1. The van der Waals surface area contributed by atoms with E-state index < -0.39 is 24.7 Å². The number of amides is 1. The van der Waals surface area contributed by atoms with Crippen molar-refractivity contribution in [3.63, 3.8) is 0 Å². The monoisotopic (exact) mass is 539 g/mol. The first-order valence-electron chi connectivity index (χ1n) is 12.4. The Morgan fingerprint density at radius 1 is 1.15 bits per heavy atom. The number of aromatic nitrogens is 3. The lowest BCUT2D eigenvalue weighted by atomic mass is 9.89. The summed E-state index contributed by atoms with van der Waals surface area (Å²) in [5, 5.41) is 16.5. The lowest BCUT2D eigenvalue weighted by molar-refractivity contribution is -0.208. The average Bonchev–Trinajstić information content (AvgIpc) is 2.93. The molecule has 1 atom stereocenters. The predicted octanol–water partition coefficient (Wildman–Crippen LogP) is 4.12. The van der Waals surface area contributed by atoms with Crippen molar-refractivity contribution < 1.29 is 27.8 Å². The van der Waals surface area contributed by atoms with E-state index in [2.05, 4.69) is 25.6 Å². The highest BCUT2D eigenvalue weighted by Gasteiger charge is 2.39. The average molecular weight is 540 g/mol. The van der Waals surface area contributed by atoms with Crippen LogP contribution in [0.25, 0.3) is 17.3 Å². The van der Waals surface area contributed by atoms with Crippen LogP contribution in [0.15, 0.2) is 48.9 Å². The van der Waals surface area contributed by atoms with E-state index in [1.165, 1.54) is 13.3 Å². The second kappa shape index (κ2) is 11.0. The minimum atomic E-state index is -4.61. The van der Waals surface area contributed by atoms with Crippen molar-refractivity contribution in [3.05, 3.63) is 65.6 Å². The fraction of sp³-hybridized carbons (Fsp3) is 0.333. The Labute approximate surface area is 222 Å². The standard InChI is InChI=1S/C27H26F3N6O3/c1-39-26-32-13-19(14-33-26)21-12-18-6-9-31-25(38)23(18)24(35-21)34-20-4-2-16(3-5-20)17-7-10-36(11-8-17)15-22(37)27(28,29)30/h2-6,9,12-14,17,22,37H,7-8,10-11,15H2,1H3,(H,34,35). The fourth-order valence-electron chi connectivity index (χ4n) is 4.74. The van der Waals surface area contributed by atoms with Gasteiger partial charge >= 0.3 is 12.2 Å². The first-order valence-corrected chi connectivity index (χ1v) is 12.4. The van der Waals surface area contributed by atoms with Gasteiger partial charge in [0.2, 0.25) is 0 Å². The van der Waals surface area contributed by atoms with Gasteiger partial charge in [-0.3, -0.25) is 4.79 Å². The van der Waals surface area contributed by atoms with Crippen LogP contribution in [0.4, 0.5) is 24.7 Å². The van der Waals surface area contributed by atoms with Gasteiger partial charge in [0.05, 0.1) is 18.4 Å². The Kier molecular flexibility index (Phi) is 7.49. The number of β-amino-alcohol motifs (C(OH)–C–C–N with tert-alkyl or cyclic N) is 1. The van der Waals surface area contributed by atoms with E-state index >= 15 is 0 Å². The molecule has 0 bridgehead atoms. The maximum Gasteiger partial charge on any atom is 0.415 e. The van der Waals surface area contributed by atoms with E-state index in [0.29, 0.717) is 59.8 Å². The topological polar surface area (TPSA) is 115 Å². The van der Waals surface area contributed by atoms with E-state index in [1.807, 2.05) is 24.3 Å². The number of ether oxygens (including phenoxy) is 1. The molecule has 2 aromatic heterocycles. The molecule has 0 spiro atoms. The number of alkyl halides is 3. The number of methoxy groups -OCH3 is 1. The number of pyridine rings is 1. The van der Waals surface area contributed by atoms with Crippen molar-refractivity contribution in [2.24, 2.45) is 0 Å². The van der Waals surface area contributed by atoms with E-state index in [-0.39, 0.29) is 11.9 Å². The number of nitrogens with one attached hydrogen (secondary N) is 1. The number of nitrogens with zero attached hydrogens (tertiary/aromatic N) is 5. The van der Waals surface area contributed by atoms with Crippen LogP contribution in [-0.2, 0) is 0 Å². The smallest absolute Gasteiger partial charge is 0.415 e. The molecule has 1 fully saturated rings. The minimum Gasteiger partial charge on any atom is -0.467 e. The Hall–Kier alpha value is -4.03. The van der Waals surface area contributed by atoms with Crippen LogP contribution in [0.5, 0.6) is 6.01 Å². The number of likely N-dealkylation sites (tertiary alicyclic amines) is 1. The molecule has 1 amide bonds. The highest BCUT2D eigenvalue weighted by Crippen LogP contribution is 2.33. The van der Waals surface area contributed by atoms with E-state index in [1.54, 1.807) is 29.4 Å². The number of rotatable bonds is 7. The molecule has 4 heterocycles. The van der Waals surface area contributed by atoms with Gasteiger partial charge in [0, 0.05) is 36.4 Å². The summed E-state index contributed by atoms with van der Waals surface area (Å²) in [4.78, 5) is 27.2. The Morgan fingerprint density at radius 2 is 1.85 bits per heavy atom. The maximum absolute atomic E-state index is 12.7. The highest BCUT2D eigenvalue weighted by atomic mass is 19.4. The first kappa shape index (κ1) is 26.6. The molecular weight excluding hydrogens is 513 g/mol. The van der Waals surface area contributed by atoms with Crippen LogP contribution in [0.3, 0.4) is 0 Å². The molecule has 1 saturated heterocycles. The van der Waals surface area contributed by atoms with Crippen molar-refractivity contribution in [1.82, 2.24) is 25.2 Å². The number of carbonyl (C=O) groups is 1. The van der Waals surface area contributed by atoms with Crippen LogP contribution in [0.1, 0.15) is 40.2 Å². The number of halogens is 3. The highest BCUT2D eigenvalue weighted by molar-refractivity contribution is 6.05. The number of anilines is 2. The predicted molar refractivity (Wildman–Crippen MR) is 138 cm³/mol. The summed E-state index contributed by atoms with van der Waals surface area (Å²) >= 11 is 0. The second-order valence-corrected chi connectivity index (χ2v) is 9.41. The summed E-state index contributed by atoms with van der Waals surface area (Å²) in [6.45, 7) is 0.558. The quantitative estimate of drug-likeness (QED) is 0.461. The van der Waals surface area contributed by atoms with Crippen molar-refractivity contribution >= 4 is 23.5 Å². The zero-order chi connectivity index (χ0) is 27.6. The van der Waals surface area contributed by atoms with Gasteiger partial charge in [0.1, 0.15) is 5.82 Å². The molecule has 1 radical (unpaired) electrons. The number of carbonyl (C=O) groups excluding carboxylic acids is 1. The third kappa shape index (κ3) is 6.02. The molecule has 2 aliphatic rings.